The van der Waals surface area contributed by atoms with Crippen LogP contribution in [0.2, 0.25) is 0 Å². The van der Waals surface area contributed by atoms with Gasteiger partial charge in [0.2, 0.25) is 6.54 Å². The van der Waals surface area contributed by atoms with Gasteiger partial charge in [-0.25, -0.2) is 0 Å². The maximum Gasteiger partial charge on any atom is 0.324 e. The van der Waals surface area contributed by atoms with E-state index in [2.05, 4.69) is 0 Å². The zero-order valence-electron chi connectivity index (χ0n) is 12.8. The normalized spacial score (nSPS) is 18.4. The van der Waals surface area contributed by atoms with Crippen molar-refractivity contribution in [3.05, 3.63) is 50.1 Å². The van der Waals surface area contributed by atoms with E-state index in [1.807, 2.05) is 0 Å². The summed E-state index contributed by atoms with van der Waals surface area (Å²) in [5, 5.41) is 21.6. The van der Waals surface area contributed by atoms with E-state index < -0.39 is 46.0 Å². The molecule has 1 fully saturated rings. The minimum Gasteiger partial charge on any atom is -0.422 e. The van der Waals surface area contributed by atoms with Crippen LogP contribution in [0.1, 0.15) is 25.3 Å². The fraction of sp³-hybridized carbons (Fsp3) is 0.429. The van der Waals surface area contributed by atoms with Crippen LogP contribution in [0.5, 0.6) is 0 Å². The van der Waals surface area contributed by atoms with Gasteiger partial charge in [-0.05, 0) is 5.56 Å². The third-order valence-electron chi connectivity index (χ3n) is 3.48. The third kappa shape index (κ3) is 3.65. The van der Waals surface area contributed by atoms with E-state index in [1.54, 1.807) is 0 Å². The lowest BCUT2D eigenvalue weighted by molar-refractivity contribution is -0.484. The topological polar surface area (TPSA) is 139 Å². The Morgan fingerprint density at radius 3 is 2.00 bits per heavy atom. The lowest BCUT2D eigenvalue weighted by Crippen LogP contribution is -2.49. The van der Waals surface area contributed by atoms with E-state index in [-0.39, 0.29) is 11.3 Å². The van der Waals surface area contributed by atoms with Crippen LogP contribution in [0.15, 0.2) is 24.3 Å². The van der Waals surface area contributed by atoms with Gasteiger partial charge in [0.1, 0.15) is 0 Å². The molecule has 1 aromatic carbocycles. The molecule has 1 aromatic rings. The van der Waals surface area contributed by atoms with E-state index in [0.29, 0.717) is 0 Å². The van der Waals surface area contributed by atoms with Gasteiger partial charge in [-0.1, -0.05) is 12.1 Å². The largest absolute Gasteiger partial charge is 0.422 e. The lowest BCUT2D eigenvalue weighted by atomic mass is 9.85. The number of non-ortho nitro benzene ring substituents is 1. The van der Waals surface area contributed by atoms with Crippen molar-refractivity contribution < 1.29 is 28.9 Å². The predicted octanol–water partition coefficient (Wildman–Crippen LogP) is 1.41. The molecule has 0 spiro atoms. The molecule has 0 bridgehead atoms. The number of nitrogens with zero attached hydrogens (tertiary/aromatic N) is 2. The van der Waals surface area contributed by atoms with Gasteiger partial charge < -0.3 is 9.47 Å². The second-order valence-electron chi connectivity index (χ2n) is 5.69. The number of cyclic esters (lactones) is 2. The molecule has 24 heavy (non-hydrogen) atoms. The summed E-state index contributed by atoms with van der Waals surface area (Å²) < 4.78 is 9.98. The monoisotopic (exact) mass is 338 g/mol. The molecule has 0 amide bonds. The number of nitro benzene ring substituents is 1. The average Bonchev–Trinajstić information content (AvgIpc) is 2.43. The summed E-state index contributed by atoms with van der Waals surface area (Å²) in [7, 11) is 0. The highest BCUT2D eigenvalue weighted by molar-refractivity contribution is 5.97. The molecule has 10 nitrogen and oxygen atoms in total. The number of hydrogen-bond donors (Lipinski definition) is 0. The summed E-state index contributed by atoms with van der Waals surface area (Å²) in [4.78, 5) is 44.6. The summed E-state index contributed by atoms with van der Waals surface area (Å²) in [5.74, 6) is -5.97. The van der Waals surface area contributed by atoms with Gasteiger partial charge in [0.15, 0.2) is 5.92 Å². The quantitative estimate of drug-likeness (QED) is 0.340. The van der Waals surface area contributed by atoms with Crippen LogP contribution < -0.4 is 0 Å². The Kier molecular flexibility index (Phi) is 4.49. The molecule has 1 aliphatic heterocycles. The molecule has 10 heteroatoms. The molecule has 1 heterocycles. The molecule has 1 saturated heterocycles. The van der Waals surface area contributed by atoms with Gasteiger partial charge in [0.25, 0.3) is 11.5 Å². The van der Waals surface area contributed by atoms with Crippen LogP contribution in [0.25, 0.3) is 0 Å². The number of hydrogen-bond acceptors (Lipinski definition) is 8. The van der Waals surface area contributed by atoms with Gasteiger partial charge in [-0.3, -0.25) is 29.8 Å². The van der Waals surface area contributed by atoms with E-state index >= 15 is 0 Å². The Labute approximate surface area is 135 Å². The number of benzene rings is 1. The first kappa shape index (κ1) is 17.3. The number of carbonyl (C=O) groups is 2. The van der Waals surface area contributed by atoms with Gasteiger partial charge in [-0.15, -0.1) is 0 Å². The summed E-state index contributed by atoms with van der Waals surface area (Å²) in [6, 6.07) is 4.83. The molecule has 2 rings (SSSR count). The molecule has 0 aliphatic carbocycles. The van der Waals surface area contributed by atoms with Crippen LogP contribution in [0, 0.1) is 26.1 Å². The highest BCUT2D eigenvalue weighted by Crippen LogP contribution is 2.34. The fourth-order valence-corrected chi connectivity index (χ4v) is 2.46. The summed E-state index contributed by atoms with van der Waals surface area (Å²) in [5.41, 5.74) is 0.0180. The Bertz CT molecular complexity index is 677. The smallest absolute Gasteiger partial charge is 0.324 e. The maximum atomic E-state index is 12.1. The van der Waals surface area contributed by atoms with Crippen LogP contribution in [-0.2, 0) is 19.1 Å². The average molecular weight is 338 g/mol. The highest BCUT2D eigenvalue weighted by Gasteiger charge is 2.49. The first-order chi connectivity index (χ1) is 11.1. The van der Waals surface area contributed by atoms with E-state index in [4.69, 9.17) is 9.47 Å². The second kappa shape index (κ2) is 6.22. The van der Waals surface area contributed by atoms with Crippen LogP contribution in [-0.4, -0.2) is 34.1 Å². The number of carbonyl (C=O) groups excluding carboxylic acids is 2. The lowest BCUT2D eigenvalue weighted by Gasteiger charge is -2.34. The molecular formula is C14H14N2O8. The minimum atomic E-state index is -1.51. The summed E-state index contributed by atoms with van der Waals surface area (Å²) in [6.07, 6.45) is 0. The minimum absolute atomic E-state index is 0.214. The Morgan fingerprint density at radius 2 is 1.58 bits per heavy atom. The highest BCUT2D eigenvalue weighted by atomic mass is 16.7. The van der Waals surface area contributed by atoms with Crippen molar-refractivity contribution in [2.75, 3.05) is 6.54 Å². The zero-order valence-corrected chi connectivity index (χ0v) is 12.8. The third-order valence-corrected chi connectivity index (χ3v) is 3.48. The van der Waals surface area contributed by atoms with E-state index in [0.717, 1.165) is 12.1 Å². The van der Waals surface area contributed by atoms with Crippen LogP contribution in [0.4, 0.5) is 5.69 Å². The van der Waals surface area contributed by atoms with E-state index in [1.165, 1.54) is 26.0 Å². The van der Waals surface area contributed by atoms with Gasteiger partial charge in [0.05, 0.1) is 10.8 Å². The standard InChI is InChI=1S/C14H14N2O8/c1-14(2)23-12(17)11(13(18)24-14)10(7-15(19)20)8-3-5-9(6-4-8)16(21)22/h3-6,10-11H,7H2,1-2H3. The van der Waals surface area contributed by atoms with Gasteiger partial charge in [0, 0.05) is 30.9 Å². The van der Waals surface area contributed by atoms with Crippen LogP contribution in [0.3, 0.4) is 0 Å². The van der Waals surface area contributed by atoms with Crippen molar-refractivity contribution in [1.82, 2.24) is 0 Å². The zero-order chi connectivity index (χ0) is 18.1. The van der Waals surface area contributed by atoms with Crippen molar-refractivity contribution in [3.8, 4) is 0 Å². The molecule has 0 N–H and O–H groups in total. The molecule has 0 radical (unpaired) electrons. The van der Waals surface area contributed by atoms with E-state index in [9.17, 15) is 29.8 Å². The first-order valence-corrected chi connectivity index (χ1v) is 6.92. The van der Waals surface area contributed by atoms with Crippen molar-refractivity contribution in [2.24, 2.45) is 5.92 Å². The molecule has 1 unspecified atom stereocenters. The Balaban J connectivity index is 2.38. The molecule has 0 saturated carbocycles. The number of esters is 2. The molecule has 0 aromatic heterocycles. The molecule has 128 valence electrons. The SMILES string of the molecule is CC1(C)OC(=O)C(C(C[N+](=O)[O-])c2ccc([N+](=O)[O-])cc2)C(=O)O1. The van der Waals surface area contributed by atoms with Crippen molar-refractivity contribution >= 4 is 17.6 Å². The predicted molar refractivity (Wildman–Crippen MR) is 77.5 cm³/mol. The molecule has 1 atom stereocenters. The first-order valence-electron chi connectivity index (χ1n) is 6.92. The number of nitro groups is 2. The molecular weight excluding hydrogens is 324 g/mol. The number of rotatable bonds is 5. The Hall–Kier alpha value is -3.04. The van der Waals surface area contributed by atoms with Crippen molar-refractivity contribution in [3.63, 3.8) is 0 Å². The fourth-order valence-electron chi connectivity index (χ4n) is 2.46. The number of ether oxygens (including phenoxy) is 2. The van der Waals surface area contributed by atoms with Crippen molar-refractivity contribution in [1.29, 1.82) is 0 Å². The van der Waals surface area contributed by atoms with Crippen molar-refractivity contribution in [2.45, 2.75) is 25.6 Å². The second-order valence-corrected chi connectivity index (χ2v) is 5.69. The Morgan fingerprint density at radius 1 is 1.08 bits per heavy atom. The van der Waals surface area contributed by atoms with Crippen LogP contribution >= 0.6 is 0 Å². The summed E-state index contributed by atoms with van der Waals surface area (Å²) in [6.45, 7) is 2.01. The van der Waals surface area contributed by atoms with Gasteiger partial charge >= 0.3 is 11.9 Å². The van der Waals surface area contributed by atoms with Gasteiger partial charge in [-0.2, -0.15) is 0 Å². The maximum absolute atomic E-state index is 12.1. The molecule has 1 aliphatic rings. The summed E-state index contributed by atoms with van der Waals surface area (Å²) >= 11 is 0.